The maximum atomic E-state index is 5.69. The highest BCUT2D eigenvalue weighted by Gasteiger charge is 2.25. The first-order valence-electron chi connectivity index (χ1n) is 10.7. The predicted octanol–water partition coefficient (Wildman–Crippen LogP) is 7.74. The van der Waals surface area contributed by atoms with Crippen LogP contribution in [0.4, 0.5) is 0 Å². The quantitative estimate of drug-likeness (QED) is 0.476. The zero-order chi connectivity index (χ0) is 21.4. The highest BCUT2D eigenvalue weighted by molar-refractivity contribution is 5.93. The number of rotatable bonds is 5. The second kappa shape index (κ2) is 10.4. The number of aryl methyl sites for hydroxylation is 1. The Labute approximate surface area is 177 Å². The fourth-order valence-corrected chi connectivity index (χ4v) is 3.79. The van der Waals surface area contributed by atoms with Crippen LogP contribution in [0.15, 0.2) is 73.3 Å². The smallest absolute Gasteiger partial charge is 0.00712 e. The second-order valence-corrected chi connectivity index (χ2v) is 8.89. The average molecular weight is 388 g/mol. The molecule has 3 aromatic rings. The third-order valence-corrected chi connectivity index (χ3v) is 5.58. The van der Waals surface area contributed by atoms with Crippen LogP contribution in [0.1, 0.15) is 63.1 Å². The first-order valence-corrected chi connectivity index (χ1v) is 10.7. The van der Waals surface area contributed by atoms with E-state index in [2.05, 4.69) is 108 Å². The van der Waals surface area contributed by atoms with Gasteiger partial charge in [-0.25, -0.2) is 0 Å². The van der Waals surface area contributed by atoms with Crippen molar-refractivity contribution in [3.63, 3.8) is 0 Å². The highest BCUT2D eigenvalue weighted by atomic mass is 14.5. The Morgan fingerprint density at radius 2 is 1.55 bits per heavy atom. The van der Waals surface area contributed by atoms with Crippen molar-refractivity contribution in [2.75, 3.05) is 6.54 Å². The zero-order valence-corrected chi connectivity index (χ0v) is 18.8. The van der Waals surface area contributed by atoms with Gasteiger partial charge in [0.1, 0.15) is 0 Å². The lowest BCUT2D eigenvalue weighted by molar-refractivity contribution is 0.308. The van der Waals surface area contributed by atoms with E-state index in [0.717, 1.165) is 19.4 Å². The molecule has 0 bridgehead atoms. The molecule has 0 aliphatic carbocycles. The monoisotopic (exact) mass is 387 g/mol. The number of benzene rings is 3. The van der Waals surface area contributed by atoms with Crippen molar-refractivity contribution in [1.29, 1.82) is 0 Å². The summed E-state index contributed by atoms with van der Waals surface area (Å²) in [6.45, 7) is 16.0. The van der Waals surface area contributed by atoms with E-state index in [1.165, 1.54) is 33.0 Å². The number of hydrogen-bond donors (Lipinski definition) is 1. The summed E-state index contributed by atoms with van der Waals surface area (Å²) in [6.07, 6.45) is 2.07. The van der Waals surface area contributed by atoms with Crippen LogP contribution >= 0.6 is 0 Å². The largest absolute Gasteiger partial charge is 0.330 e. The van der Waals surface area contributed by atoms with Crippen molar-refractivity contribution >= 4 is 16.3 Å². The van der Waals surface area contributed by atoms with Crippen LogP contribution < -0.4 is 5.73 Å². The van der Waals surface area contributed by atoms with Gasteiger partial charge >= 0.3 is 0 Å². The van der Waals surface area contributed by atoms with Crippen LogP contribution in [0.2, 0.25) is 0 Å². The summed E-state index contributed by atoms with van der Waals surface area (Å²) < 4.78 is 0. The number of hydrogen-bond acceptors (Lipinski definition) is 1. The van der Waals surface area contributed by atoms with E-state index in [1.54, 1.807) is 0 Å². The fraction of sp³-hybridized carbons (Fsp3) is 0.357. The standard InChI is InChI=1S/C14H23N.C14H14/c1-11-5-7-12(8-6-11)13(9-10-15)14(2,3)4;1-3-11(2)13-10-6-8-12-7-4-5-9-14(12)13/h5-8,13H,9-10,15H2,1-4H3;4-10H,2-3H2,1H3. The molecular weight excluding hydrogens is 350 g/mol. The average Bonchev–Trinajstić information content (AvgIpc) is 2.71. The Kier molecular flexibility index (Phi) is 8.22. The van der Waals surface area contributed by atoms with Gasteiger partial charge < -0.3 is 5.73 Å². The molecule has 0 aliphatic rings. The van der Waals surface area contributed by atoms with Crippen molar-refractivity contribution in [1.82, 2.24) is 0 Å². The molecule has 0 spiro atoms. The van der Waals surface area contributed by atoms with Crippen molar-refractivity contribution in [2.45, 2.75) is 53.4 Å². The first kappa shape index (κ1) is 22.9. The third-order valence-electron chi connectivity index (χ3n) is 5.58. The molecule has 3 aromatic carbocycles. The van der Waals surface area contributed by atoms with Crippen molar-refractivity contribution in [3.8, 4) is 0 Å². The number of nitrogens with two attached hydrogens (primary N) is 1. The van der Waals surface area contributed by atoms with Crippen LogP contribution in [0, 0.1) is 12.3 Å². The molecule has 0 aromatic heterocycles. The van der Waals surface area contributed by atoms with E-state index in [0.29, 0.717) is 5.92 Å². The summed E-state index contributed by atoms with van der Waals surface area (Å²) in [5, 5.41) is 2.60. The molecule has 1 heteroatoms. The molecule has 1 unspecified atom stereocenters. The molecule has 154 valence electrons. The topological polar surface area (TPSA) is 26.0 Å². The Morgan fingerprint density at radius 1 is 0.931 bits per heavy atom. The van der Waals surface area contributed by atoms with E-state index < -0.39 is 0 Å². The Hall–Kier alpha value is -2.38. The first-order chi connectivity index (χ1) is 13.8. The molecule has 0 heterocycles. The van der Waals surface area contributed by atoms with Crippen LogP contribution in [0.3, 0.4) is 0 Å². The van der Waals surface area contributed by atoms with Gasteiger partial charge in [0.05, 0.1) is 0 Å². The summed E-state index contributed by atoms with van der Waals surface area (Å²) in [5.41, 5.74) is 11.2. The van der Waals surface area contributed by atoms with Crippen molar-refractivity contribution in [2.24, 2.45) is 11.1 Å². The van der Waals surface area contributed by atoms with Crippen LogP contribution in [-0.4, -0.2) is 6.54 Å². The lowest BCUT2D eigenvalue weighted by Gasteiger charge is -2.31. The molecule has 0 fully saturated rings. The molecule has 0 saturated carbocycles. The van der Waals surface area contributed by atoms with Gasteiger partial charge in [0, 0.05) is 0 Å². The summed E-state index contributed by atoms with van der Waals surface area (Å²) in [4.78, 5) is 0. The van der Waals surface area contributed by atoms with Gasteiger partial charge in [-0.05, 0) is 65.1 Å². The fourth-order valence-electron chi connectivity index (χ4n) is 3.79. The SMILES string of the molecule is C=C(CC)c1cccc2ccccc12.Cc1ccc(C(CCN)C(C)(C)C)cc1. The minimum Gasteiger partial charge on any atom is -0.330 e. The molecule has 0 amide bonds. The number of fused-ring (bicyclic) bond motifs is 1. The van der Waals surface area contributed by atoms with E-state index in [-0.39, 0.29) is 5.41 Å². The van der Waals surface area contributed by atoms with Gasteiger partial charge in [-0.15, -0.1) is 0 Å². The molecule has 2 N–H and O–H groups in total. The lowest BCUT2D eigenvalue weighted by atomic mass is 9.74. The van der Waals surface area contributed by atoms with Gasteiger partial charge in [0.15, 0.2) is 0 Å². The molecular formula is C28H37N. The second-order valence-electron chi connectivity index (χ2n) is 8.89. The molecule has 29 heavy (non-hydrogen) atoms. The molecule has 3 rings (SSSR count). The van der Waals surface area contributed by atoms with Crippen molar-refractivity contribution in [3.05, 3.63) is 90.0 Å². The molecule has 0 aliphatic heterocycles. The Bertz CT molecular complexity index is 908. The summed E-state index contributed by atoms with van der Waals surface area (Å²) in [6, 6.07) is 23.7. The maximum Gasteiger partial charge on any atom is -0.00712 e. The predicted molar refractivity (Wildman–Crippen MR) is 130 cm³/mol. The van der Waals surface area contributed by atoms with E-state index >= 15 is 0 Å². The van der Waals surface area contributed by atoms with Crippen LogP contribution in [-0.2, 0) is 0 Å². The van der Waals surface area contributed by atoms with Gasteiger partial charge in [0.25, 0.3) is 0 Å². The van der Waals surface area contributed by atoms with E-state index in [1.807, 2.05) is 0 Å². The van der Waals surface area contributed by atoms with Gasteiger partial charge in [-0.2, -0.15) is 0 Å². The third kappa shape index (κ3) is 6.30. The van der Waals surface area contributed by atoms with E-state index in [4.69, 9.17) is 5.73 Å². The van der Waals surface area contributed by atoms with E-state index in [9.17, 15) is 0 Å². The minimum absolute atomic E-state index is 0.286. The minimum atomic E-state index is 0.286. The molecule has 1 nitrogen and oxygen atoms in total. The Balaban J connectivity index is 0.000000207. The van der Waals surface area contributed by atoms with Gasteiger partial charge in [-0.3, -0.25) is 0 Å². The summed E-state index contributed by atoms with van der Waals surface area (Å²) in [7, 11) is 0. The van der Waals surface area contributed by atoms with Crippen LogP contribution in [0.25, 0.3) is 16.3 Å². The number of allylic oxidation sites excluding steroid dienone is 1. The normalized spacial score (nSPS) is 12.2. The highest BCUT2D eigenvalue weighted by Crippen LogP contribution is 2.37. The molecule has 1 atom stereocenters. The van der Waals surface area contributed by atoms with Gasteiger partial charge in [0.2, 0.25) is 0 Å². The van der Waals surface area contributed by atoms with Crippen LogP contribution in [0.5, 0.6) is 0 Å². The summed E-state index contributed by atoms with van der Waals surface area (Å²) in [5.74, 6) is 0.558. The van der Waals surface area contributed by atoms with Gasteiger partial charge in [-0.1, -0.05) is 107 Å². The van der Waals surface area contributed by atoms with Crippen molar-refractivity contribution < 1.29 is 0 Å². The lowest BCUT2D eigenvalue weighted by Crippen LogP contribution is -2.21. The maximum absolute atomic E-state index is 5.69. The Morgan fingerprint density at radius 3 is 2.14 bits per heavy atom. The molecule has 0 saturated heterocycles. The zero-order valence-electron chi connectivity index (χ0n) is 18.8. The molecule has 0 radical (unpaired) electrons. The summed E-state index contributed by atoms with van der Waals surface area (Å²) >= 11 is 0.